The van der Waals surface area contributed by atoms with Crippen LogP contribution in [0, 0.1) is 0 Å². The summed E-state index contributed by atoms with van der Waals surface area (Å²) in [5.41, 5.74) is 8.92. The number of ether oxygens (including phenoxy) is 1. The van der Waals surface area contributed by atoms with Crippen molar-refractivity contribution in [3.8, 4) is 5.75 Å². The highest BCUT2D eigenvalue weighted by molar-refractivity contribution is 5.98. The molecule has 0 radical (unpaired) electrons. The predicted octanol–water partition coefficient (Wildman–Crippen LogP) is 3.28. The minimum atomic E-state index is -0.465. The first-order chi connectivity index (χ1) is 11.6. The van der Waals surface area contributed by atoms with Gasteiger partial charge in [-0.2, -0.15) is 0 Å². The van der Waals surface area contributed by atoms with Crippen molar-refractivity contribution in [2.45, 2.75) is 25.9 Å². The molecule has 0 bridgehead atoms. The molecule has 0 saturated carbocycles. The van der Waals surface area contributed by atoms with E-state index < -0.39 is 5.91 Å². The van der Waals surface area contributed by atoms with Crippen LogP contribution in [0.5, 0.6) is 5.75 Å². The van der Waals surface area contributed by atoms with Gasteiger partial charge in [-0.15, -0.1) is 0 Å². The molecule has 4 nitrogen and oxygen atoms in total. The highest BCUT2D eigenvalue weighted by Crippen LogP contribution is 2.25. The smallest absolute Gasteiger partial charge is 0.241 e. The topological polar surface area (TPSA) is 69.4 Å². The van der Waals surface area contributed by atoms with E-state index in [1.54, 1.807) is 6.08 Å². The van der Waals surface area contributed by atoms with Crippen LogP contribution >= 0.6 is 0 Å². The molecule has 0 fully saturated rings. The zero-order valence-electron chi connectivity index (χ0n) is 13.3. The van der Waals surface area contributed by atoms with Crippen molar-refractivity contribution in [3.05, 3.63) is 70.8 Å². The van der Waals surface area contributed by atoms with E-state index in [4.69, 9.17) is 10.5 Å². The van der Waals surface area contributed by atoms with Gasteiger partial charge < -0.3 is 10.5 Å². The Morgan fingerprint density at radius 3 is 2.67 bits per heavy atom. The van der Waals surface area contributed by atoms with Crippen LogP contribution in [0.1, 0.15) is 39.9 Å². The molecule has 0 aliphatic heterocycles. The van der Waals surface area contributed by atoms with Crippen LogP contribution < -0.4 is 10.5 Å². The van der Waals surface area contributed by atoms with Gasteiger partial charge in [-0.05, 0) is 53.8 Å². The minimum absolute atomic E-state index is 0.224. The van der Waals surface area contributed by atoms with E-state index in [2.05, 4.69) is 0 Å². The molecule has 1 amide bonds. The highest BCUT2D eigenvalue weighted by atomic mass is 16.5. The van der Waals surface area contributed by atoms with E-state index in [9.17, 15) is 9.59 Å². The van der Waals surface area contributed by atoms with Gasteiger partial charge in [0.1, 0.15) is 12.4 Å². The first-order valence-electron chi connectivity index (χ1n) is 7.97. The Morgan fingerprint density at radius 2 is 1.92 bits per heavy atom. The molecular weight excluding hydrogens is 302 g/mol. The van der Waals surface area contributed by atoms with Crippen LogP contribution in [-0.4, -0.2) is 11.7 Å². The van der Waals surface area contributed by atoms with Crippen LogP contribution in [0.3, 0.4) is 0 Å². The van der Waals surface area contributed by atoms with Gasteiger partial charge in [-0.3, -0.25) is 9.59 Å². The molecule has 0 heterocycles. The van der Waals surface area contributed by atoms with Gasteiger partial charge in [0.2, 0.25) is 5.91 Å². The number of primary amides is 1. The van der Waals surface area contributed by atoms with Gasteiger partial charge >= 0.3 is 0 Å². The summed E-state index contributed by atoms with van der Waals surface area (Å²) in [7, 11) is 0. The lowest BCUT2D eigenvalue weighted by atomic mass is 9.90. The number of carbonyl (C=O) groups is 2. The number of aryl methyl sites for hydroxylation is 1. The SMILES string of the molecule is NC(=O)/C=C/c1ccc(COc2ccc3c(c2)CCCC3=O)cc1. The molecule has 2 N–H and O–H groups in total. The minimum Gasteiger partial charge on any atom is -0.489 e. The Kier molecular flexibility index (Phi) is 4.75. The molecule has 24 heavy (non-hydrogen) atoms. The van der Waals surface area contributed by atoms with Crippen LogP contribution in [-0.2, 0) is 17.8 Å². The van der Waals surface area contributed by atoms with Crippen molar-refractivity contribution >= 4 is 17.8 Å². The Bertz CT molecular complexity index is 791. The second-order valence-corrected chi connectivity index (χ2v) is 5.86. The quantitative estimate of drug-likeness (QED) is 0.859. The second-order valence-electron chi connectivity index (χ2n) is 5.86. The molecule has 3 rings (SSSR count). The van der Waals surface area contributed by atoms with E-state index in [0.29, 0.717) is 13.0 Å². The first-order valence-corrected chi connectivity index (χ1v) is 7.97. The van der Waals surface area contributed by atoms with Gasteiger partial charge in [0.05, 0.1) is 0 Å². The van der Waals surface area contributed by atoms with Crippen molar-refractivity contribution in [1.82, 2.24) is 0 Å². The Morgan fingerprint density at radius 1 is 1.12 bits per heavy atom. The van der Waals surface area contributed by atoms with E-state index in [1.165, 1.54) is 6.08 Å². The molecule has 1 aliphatic carbocycles. The number of nitrogens with two attached hydrogens (primary N) is 1. The third kappa shape index (κ3) is 3.90. The number of ketones is 1. The van der Waals surface area contributed by atoms with Crippen molar-refractivity contribution < 1.29 is 14.3 Å². The van der Waals surface area contributed by atoms with Gasteiger partial charge in [0.15, 0.2) is 5.78 Å². The van der Waals surface area contributed by atoms with E-state index >= 15 is 0 Å². The molecule has 0 atom stereocenters. The van der Waals surface area contributed by atoms with Gasteiger partial charge in [-0.1, -0.05) is 24.3 Å². The zero-order valence-corrected chi connectivity index (χ0v) is 13.3. The average molecular weight is 321 g/mol. The third-order valence-corrected chi connectivity index (χ3v) is 4.05. The number of benzene rings is 2. The van der Waals surface area contributed by atoms with E-state index in [1.807, 2.05) is 42.5 Å². The van der Waals surface area contributed by atoms with Crippen LogP contribution in [0.15, 0.2) is 48.5 Å². The molecule has 2 aromatic rings. The molecule has 2 aromatic carbocycles. The Balaban J connectivity index is 1.63. The summed E-state index contributed by atoms with van der Waals surface area (Å²) in [5, 5.41) is 0. The number of carbonyl (C=O) groups excluding carboxylic acids is 2. The van der Waals surface area contributed by atoms with Crippen molar-refractivity contribution in [3.63, 3.8) is 0 Å². The fourth-order valence-electron chi connectivity index (χ4n) is 2.78. The Labute approximate surface area is 140 Å². The maximum atomic E-state index is 11.8. The normalized spacial score (nSPS) is 13.8. The third-order valence-electron chi connectivity index (χ3n) is 4.05. The number of Topliss-reactive ketones (excluding diaryl/α,β-unsaturated/α-hetero) is 1. The maximum Gasteiger partial charge on any atom is 0.241 e. The zero-order chi connectivity index (χ0) is 16.9. The summed E-state index contributed by atoms with van der Waals surface area (Å²) in [4.78, 5) is 22.5. The lowest BCUT2D eigenvalue weighted by Gasteiger charge is -2.16. The molecule has 0 aromatic heterocycles. The van der Waals surface area contributed by atoms with Crippen molar-refractivity contribution in [1.29, 1.82) is 0 Å². The molecule has 1 aliphatic rings. The first kappa shape index (κ1) is 16.0. The monoisotopic (exact) mass is 321 g/mol. The fourth-order valence-corrected chi connectivity index (χ4v) is 2.78. The number of hydrogen-bond acceptors (Lipinski definition) is 3. The molecule has 122 valence electrons. The maximum absolute atomic E-state index is 11.8. The van der Waals surface area contributed by atoms with Gasteiger partial charge in [-0.25, -0.2) is 0 Å². The van der Waals surface area contributed by atoms with E-state index in [-0.39, 0.29) is 5.78 Å². The number of amides is 1. The molecular formula is C20H19NO3. The summed E-state index contributed by atoms with van der Waals surface area (Å²) in [6, 6.07) is 13.4. The van der Waals surface area contributed by atoms with E-state index in [0.717, 1.165) is 40.8 Å². The Hall–Kier alpha value is -2.88. The van der Waals surface area contributed by atoms with Crippen molar-refractivity contribution in [2.75, 3.05) is 0 Å². The van der Waals surface area contributed by atoms with Crippen LogP contribution in [0.2, 0.25) is 0 Å². The van der Waals surface area contributed by atoms with Crippen LogP contribution in [0.4, 0.5) is 0 Å². The fraction of sp³-hybridized carbons (Fsp3) is 0.200. The number of rotatable bonds is 5. The molecule has 0 saturated heterocycles. The number of hydrogen-bond donors (Lipinski definition) is 1. The standard InChI is InChI=1S/C20H19NO3/c21-20(23)11-8-14-4-6-15(7-5-14)13-24-17-9-10-18-16(12-17)2-1-3-19(18)22/h4-12H,1-3,13H2,(H2,21,23)/b11-8+. The number of fused-ring (bicyclic) bond motifs is 1. The summed E-state index contributed by atoms with van der Waals surface area (Å²) < 4.78 is 5.83. The largest absolute Gasteiger partial charge is 0.489 e. The molecule has 0 spiro atoms. The summed E-state index contributed by atoms with van der Waals surface area (Å²) in [5.74, 6) is 0.539. The summed E-state index contributed by atoms with van der Waals surface area (Å²) in [6.07, 6.45) is 5.49. The molecule has 4 heteroatoms. The van der Waals surface area contributed by atoms with Crippen molar-refractivity contribution in [2.24, 2.45) is 5.73 Å². The van der Waals surface area contributed by atoms with Gasteiger partial charge in [0.25, 0.3) is 0 Å². The average Bonchev–Trinajstić information content (AvgIpc) is 2.59. The lowest BCUT2D eigenvalue weighted by molar-refractivity contribution is -0.113. The summed E-state index contributed by atoms with van der Waals surface area (Å²) in [6.45, 7) is 0.451. The highest BCUT2D eigenvalue weighted by Gasteiger charge is 2.17. The molecule has 0 unspecified atom stereocenters. The van der Waals surface area contributed by atoms with Gasteiger partial charge in [0, 0.05) is 18.1 Å². The predicted molar refractivity (Wildman–Crippen MR) is 92.7 cm³/mol. The summed E-state index contributed by atoms with van der Waals surface area (Å²) >= 11 is 0. The second kappa shape index (κ2) is 7.13. The van der Waals surface area contributed by atoms with Crippen LogP contribution in [0.25, 0.3) is 6.08 Å². The lowest BCUT2D eigenvalue weighted by Crippen LogP contribution is -2.10.